The van der Waals surface area contributed by atoms with Crippen LogP contribution in [0, 0.1) is 13.8 Å². The minimum atomic E-state index is 0.959. The molecule has 1 aromatic rings. The van der Waals surface area contributed by atoms with Gasteiger partial charge in [0, 0.05) is 5.56 Å². The molecule has 0 saturated carbocycles. The molecule has 1 aliphatic rings. The summed E-state index contributed by atoms with van der Waals surface area (Å²) in [4.78, 5) is 0. The molecule has 2 heteroatoms. The first-order chi connectivity index (χ1) is 5.79. The number of rotatable bonds is 1. The predicted molar refractivity (Wildman–Crippen MR) is 47.8 cm³/mol. The van der Waals surface area contributed by atoms with Crippen molar-refractivity contribution in [3.63, 3.8) is 0 Å². The highest BCUT2D eigenvalue weighted by Gasteiger charge is 2.15. The number of hydrogen-bond donors (Lipinski definition) is 0. The molecule has 64 valence electrons. The zero-order valence-corrected chi connectivity index (χ0v) is 7.55. The Balaban J connectivity index is 2.44. The zero-order chi connectivity index (χ0) is 8.55. The number of allylic oxidation sites excluding steroid dienone is 2. The van der Waals surface area contributed by atoms with E-state index < -0.39 is 0 Å². The average molecular weight is 163 g/mol. The van der Waals surface area contributed by atoms with E-state index in [0.717, 1.165) is 11.5 Å². The summed E-state index contributed by atoms with van der Waals surface area (Å²) < 4.78 is 5.12. The Morgan fingerprint density at radius 1 is 1.42 bits per heavy atom. The lowest BCUT2D eigenvalue weighted by Crippen LogP contribution is -1.84. The fraction of sp³-hybridized carbons (Fsp3) is 0.500. The van der Waals surface area contributed by atoms with Crippen molar-refractivity contribution in [2.45, 2.75) is 33.1 Å². The van der Waals surface area contributed by atoms with Gasteiger partial charge in [0.15, 0.2) is 0 Å². The largest absolute Gasteiger partial charge is 0.361 e. The van der Waals surface area contributed by atoms with Gasteiger partial charge in [-0.25, -0.2) is 0 Å². The van der Waals surface area contributed by atoms with E-state index in [0.29, 0.717) is 0 Å². The molecule has 0 fully saturated rings. The predicted octanol–water partition coefficient (Wildman–Crippen LogP) is 2.86. The van der Waals surface area contributed by atoms with Gasteiger partial charge in [-0.1, -0.05) is 11.2 Å². The first kappa shape index (κ1) is 7.59. The van der Waals surface area contributed by atoms with Crippen LogP contribution in [0.4, 0.5) is 0 Å². The molecule has 12 heavy (non-hydrogen) atoms. The van der Waals surface area contributed by atoms with Crippen molar-refractivity contribution < 1.29 is 4.52 Å². The molecule has 0 bridgehead atoms. The number of hydrogen-bond acceptors (Lipinski definition) is 2. The van der Waals surface area contributed by atoms with Crippen molar-refractivity contribution in [2.24, 2.45) is 0 Å². The molecule has 0 saturated heterocycles. The number of aromatic nitrogens is 1. The van der Waals surface area contributed by atoms with Crippen LogP contribution in [-0.4, -0.2) is 5.16 Å². The lowest BCUT2D eigenvalue weighted by Gasteiger charge is -1.98. The Labute approximate surface area is 72.3 Å². The summed E-state index contributed by atoms with van der Waals surface area (Å²) >= 11 is 0. The Kier molecular flexibility index (Phi) is 1.75. The summed E-state index contributed by atoms with van der Waals surface area (Å²) in [5.74, 6) is 0.959. The molecular weight excluding hydrogens is 150 g/mol. The highest BCUT2D eigenvalue weighted by atomic mass is 16.5. The van der Waals surface area contributed by atoms with E-state index in [-0.39, 0.29) is 0 Å². The molecule has 0 aliphatic heterocycles. The summed E-state index contributed by atoms with van der Waals surface area (Å²) in [5.41, 5.74) is 3.69. The molecule has 0 radical (unpaired) electrons. The van der Waals surface area contributed by atoms with Gasteiger partial charge in [0.25, 0.3) is 0 Å². The monoisotopic (exact) mass is 163 g/mol. The maximum atomic E-state index is 5.12. The molecular formula is C10H13NO. The fourth-order valence-corrected chi connectivity index (χ4v) is 1.84. The fourth-order valence-electron chi connectivity index (χ4n) is 1.84. The van der Waals surface area contributed by atoms with E-state index in [2.05, 4.69) is 11.2 Å². The molecule has 0 aromatic carbocycles. The molecule has 2 nitrogen and oxygen atoms in total. The number of nitrogens with zero attached hydrogens (tertiary/aromatic N) is 1. The second kappa shape index (κ2) is 2.77. The van der Waals surface area contributed by atoms with Gasteiger partial charge in [0.2, 0.25) is 0 Å². The molecule has 2 rings (SSSR count). The van der Waals surface area contributed by atoms with Crippen molar-refractivity contribution in [1.29, 1.82) is 0 Å². The van der Waals surface area contributed by atoms with Gasteiger partial charge in [0.1, 0.15) is 5.76 Å². The van der Waals surface area contributed by atoms with Gasteiger partial charge in [-0.15, -0.1) is 0 Å². The second-order valence-corrected chi connectivity index (χ2v) is 3.32. The van der Waals surface area contributed by atoms with Crippen LogP contribution in [0.5, 0.6) is 0 Å². The molecule has 1 aliphatic carbocycles. The van der Waals surface area contributed by atoms with Crippen LogP contribution in [0.25, 0.3) is 5.57 Å². The van der Waals surface area contributed by atoms with Crippen LogP contribution in [0.3, 0.4) is 0 Å². The van der Waals surface area contributed by atoms with Crippen molar-refractivity contribution in [3.05, 3.63) is 23.1 Å². The van der Waals surface area contributed by atoms with Crippen LogP contribution in [0.15, 0.2) is 10.6 Å². The smallest absolute Gasteiger partial charge is 0.141 e. The van der Waals surface area contributed by atoms with Gasteiger partial charge >= 0.3 is 0 Å². The molecule has 1 heterocycles. The van der Waals surface area contributed by atoms with Gasteiger partial charge in [-0.05, 0) is 38.7 Å². The first-order valence-corrected chi connectivity index (χ1v) is 4.41. The van der Waals surface area contributed by atoms with E-state index in [1.165, 1.54) is 30.4 Å². The van der Waals surface area contributed by atoms with Crippen LogP contribution in [0.2, 0.25) is 0 Å². The third-order valence-electron chi connectivity index (χ3n) is 2.40. The topological polar surface area (TPSA) is 26.0 Å². The summed E-state index contributed by atoms with van der Waals surface area (Å²) in [6, 6.07) is 0. The van der Waals surface area contributed by atoms with Crippen LogP contribution < -0.4 is 0 Å². The quantitative estimate of drug-likeness (QED) is 0.636. The lowest BCUT2D eigenvalue weighted by molar-refractivity contribution is 0.393. The lowest BCUT2D eigenvalue weighted by atomic mass is 10.0. The highest BCUT2D eigenvalue weighted by Crippen LogP contribution is 2.31. The molecule has 0 spiro atoms. The van der Waals surface area contributed by atoms with Gasteiger partial charge in [-0.3, -0.25) is 0 Å². The van der Waals surface area contributed by atoms with Gasteiger partial charge < -0.3 is 4.52 Å². The van der Waals surface area contributed by atoms with Crippen molar-refractivity contribution >= 4 is 5.57 Å². The van der Waals surface area contributed by atoms with E-state index in [1.54, 1.807) is 0 Å². The maximum absolute atomic E-state index is 5.12. The van der Waals surface area contributed by atoms with Crippen molar-refractivity contribution in [1.82, 2.24) is 5.16 Å². The Bertz CT molecular complexity index is 303. The van der Waals surface area contributed by atoms with E-state index >= 15 is 0 Å². The highest BCUT2D eigenvalue weighted by molar-refractivity contribution is 5.69. The Morgan fingerprint density at radius 2 is 2.25 bits per heavy atom. The molecule has 0 atom stereocenters. The third-order valence-corrected chi connectivity index (χ3v) is 2.40. The normalized spacial score (nSPS) is 16.7. The van der Waals surface area contributed by atoms with Crippen molar-refractivity contribution in [2.75, 3.05) is 0 Å². The Hall–Kier alpha value is -1.05. The van der Waals surface area contributed by atoms with E-state index in [4.69, 9.17) is 4.52 Å². The SMILES string of the molecule is Cc1noc(C)c1C1=CCCC1. The van der Waals surface area contributed by atoms with Gasteiger partial charge in [-0.2, -0.15) is 0 Å². The number of aryl methyl sites for hydroxylation is 2. The van der Waals surface area contributed by atoms with Crippen LogP contribution >= 0.6 is 0 Å². The summed E-state index contributed by atoms with van der Waals surface area (Å²) in [7, 11) is 0. The van der Waals surface area contributed by atoms with Crippen LogP contribution in [0.1, 0.15) is 36.3 Å². The molecule has 0 amide bonds. The minimum absolute atomic E-state index is 0.959. The van der Waals surface area contributed by atoms with Gasteiger partial charge in [0.05, 0.1) is 5.69 Å². The summed E-state index contributed by atoms with van der Waals surface area (Å²) in [5, 5.41) is 3.94. The third kappa shape index (κ3) is 1.07. The van der Waals surface area contributed by atoms with Crippen LogP contribution in [-0.2, 0) is 0 Å². The summed E-state index contributed by atoms with van der Waals surface area (Å²) in [6.07, 6.45) is 5.97. The van der Waals surface area contributed by atoms with E-state index in [1.807, 2.05) is 13.8 Å². The maximum Gasteiger partial charge on any atom is 0.141 e. The molecule has 0 N–H and O–H groups in total. The first-order valence-electron chi connectivity index (χ1n) is 4.41. The Morgan fingerprint density at radius 3 is 2.75 bits per heavy atom. The average Bonchev–Trinajstić information content (AvgIpc) is 2.61. The molecule has 1 aromatic heterocycles. The molecule has 0 unspecified atom stereocenters. The van der Waals surface area contributed by atoms with Crippen molar-refractivity contribution in [3.8, 4) is 0 Å². The second-order valence-electron chi connectivity index (χ2n) is 3.32. The standard InChI is InChI=1S/C10H13NO/c1-7-10(8(2)12-11-7)9-5-3-4-6-9/h5H,3-4,6H2,1-2H3. The van der Waals surface area contributed by atoms with E-state index in [9.17, 15) is 0 Å². The minimum Gasteiger partial charge on any atom is -0.361 e. The summed E-state index contributed by atoms with van der Waals surface area (Å²) in [6.45, 7) is 3.99. The zero-order valence-electron chi connectivity index (χ0n) is 7.55.